The van der Waals surface area contributed by atoms with E-state index in [0.717, 1.165) is 28.1 Å². The Balaban J connectivity index is 1.65. The third kappa shape index (κ3) is 3.68. The summed E-state index contributed by atoms with van der Waals surface area (Å²) in [5, 5.41) is 19.8. The molecule has 3 aromatic rings. The first-order valence-electron chi connectivity index (χ1n) is 8.90. The quantitative estimate of drug-likeness (QED) is 0.720. The fourth-order valence-electron chi connectivity index (χ4n) is 3.43. The zero-order chi connectivity index (χ0) is 18.8. The largest absolute Gasteiger partial charge is 0.504 e. The van der Waals surface area contributed by atoms with Gasteiger partial charge in [-0.3, -0.25) is 4.90 Å². The van der Waals surface area contributed by atoms with E-state index in [-0.39, 0.29) is 5.75 Å². The first kappa shape index (κ1) is 17.6. The summed E-state index contributed by atoms with van der Waals surface area (Å²) in [6.07, 6.45) is 0. The predicted octanol–water partition coefficient (Wildman–Crippen LogP) is 4.70. The molecule has 4 rings (SSSR count). The zero-order valence-corrected chi connectivity index (χ0v) is 15.9. The van der Waals surface area contributed by atoms with Crippen LogP contribution in [0.3, 0.4) is 0 Å². The van der Waals surface area contributed by atoms with Crippen molar-refractivity contribution in [3.63, 3.8) is 0 Å². The molecule has 1 aliphatic heterocycles. The molecule has 0 atom stereocenters. The van der Waals surface area contributed by atoms with Gasteiger partial charge in [0.25, 0.3) is 0 Å². The van der Waals surface area contributed by atoms with E-state index in [1.54, 1.807) is 17.4 Å². The summed E-state index contributed by atoms with van der Waals surface area (Å²) >= 11 is 1.71. The van der Waals surface area contributed by atoms with Crippen molar-refractivity contribution < 1.29 is 9.84 Å². The van der Waals surface area contributed by atoms with Crippen molar-refractivity contribution in [3.8, 4) is 28.0 Å². The molecule has 0 spiro atoms. The van der Waals surface area contributed by atoms with Crippen LogP contribution in [-0.4, -0.2) is 23.2 Å². The number of fused-ring (bicyclic) bond motifs is 1. The normalized spacial score (nSPS) is 14.1. The number of hydrogen-bond donors (Lipinski definition) is 1. The lowest BCUT2D eigenvalue weighted by Gasteiger charge is -2.20. The van der Waals surface area contributed by atoms with Crippen molar-refractivity contribution in [2.45, 2.75) is 20.0 Å². The van der Waals surface area contributed by atoms with Gasteiger partial charge in [-0.15, -0.1) is 11.3 Å². The van der Waals surface area contributed by atoms with Gasteiger partial charge in [-0.1, -0.05) is 18.2 Å². The van der Waals surface area contributed by atoms with Crippen molar-refractivity contribution in [1.29, 1.82) is 5.26 Å². The van der Waals surface area contributed by atoms with Gasteiger partial charge in [-0.25, -0.2) is 0 Å². The van der Waals surface area contributed by atoms with Gasteiger partial charge in [0, 0.05) is 35.0 Å². The smallest absolute Gasteiger partial charge is 0.165 e. The van der Waals surface area contributed by atoms with Crippen molar-refractivity contribution >= 4 is 11.3 Å². The lowest BCUT2D eigenvalue weighted by atomic mass is 10.1. The van der Waals surface area contributed by atoms with E-state index in [0.29, 0.717) is 31.0 Å². The molecular formula is C22H20N2O2S. The lowest BCUT2D eigenvalue weighted by molar-refractivity contribution is 0.217. The van der Waals surface area contributed by atoms with Crippen molar-refractivity contribution in [1.82, 2.24) is 4.90 Å². The molecule has 1 N–H and O–H groups in total. The lowest BCUT2D eigenvalue weighted by Crippen LogP contribution is -2.25. The highest BCUT2D eigenvalue weighted by atomic mass is 32.1. The van der Waals surface area contributed by atoms with Gasteiger partial charge in [0.15, 0.2) is 11.5 Å². The topological polar surface area (TPSA) is 56.5 Å². The Kier molecular flexibility index (Phi) is 4.85. The molecule has 136 valence electrons. The number of phenolic OH excluding ortho intramolecular Hbond substituents is 1. The third-order valence-electron chi connectivity index (χ3n) is 4.75. The van der Waals surface area contributed by atoms with Crippen LogP contribution in [0.2, 0.25) is 0 Å². The second-order valence-electron chi connectivity index (χ2n) is 6.72. The maximum atomic E-state index is 10.5. The van der Waals surface area contributed by atoms with E-state index < -0.39 is 0 Å². The number of aryl methyl sites for hydroxylation is 1. The molecule has 0 aliphatic carbocycles. The number of hydrogen-bond acceptors (Lipinski definition) is 5. The zero-order valence-electron chi connectivity index (χ0n) is 15.1. The van der Waals surface area contributed by atoms with Crippen LogP contribution in [0, 0.1) is 18.3 Å². The number of nitrogens with zero attached hydrogens (tertiary/aromatic N) is 2. The maximum absolute atomic E-state index is 10.5. The molecule has 5 heteroatoms. The number of aromatic hydroxyl groups is 1. The summed E-state index contributed by atoms with van der Waals surface area (Å²) in [5.41, 5.74) is 3.70. The number of ether oxygens (including phenoxy) is 1. The molecule has 2 aromatic carbocycles. The molecule has 0 radical (unpaired) electrons. The van der Waals surface area contributed by atoms with E-state index in [9.17, 15) is 10.4 Å². The highest BCUT2D eigenvalue weighted by Gasteiger charge is 2.21. The van der Waals surface area contributed by atoms with Gasteiger partial charge >= 0.3 is 0 Å². The number of phenols is 1. The summed E-state index contributed by atoms with van der Waals surface area (Å²) in [4.78, 5) is 4.63. The first-order valence-corrected chi connectivity index (χ1v) is 9.71. The molecule has 27 heavy (non-hydrogen) atoms. The van der Waals surface area contributed by atoms with E-state index >= 15 is 0 Å². The molecule has 1 aromatic heterocycles. The van der Waals surface area contributed by atoms with Crippen LogP contribution >= 0.6 is 11.3 Å². The van der Waals surface area contributed by atoms with E-state index in [1.165, 1.54) is 4.88 Å². The Hall–Kier alpha value is -2.81. The van der Waals surface area contributed by atoms with Crippen molar-refractivity contribution in [2.75, 3.05) is 13.2 Å². The Morgan fingerprint density at radius 2 is 2.07 bits per heavy atom. The predicted molar refractivity (Wildman–Crippen MR) is 107 cm³/mol. The summed E-state index contributed by atoms with van der Waals surface area (Å²) < 4.78 is 5.85. The van der Waals surface area contributed by atoms with E-state index in [4.69, 9.17) is 4.74 Å². The Labute approximate surface area is 162 Å². The molecule has 1 aliphatic rings. The molecule has 0 unspecified atom stereocenters. The van der Waals surface area contributed by atoms with Crippen LogP contribution in [0.4, 0.5) is 0 Å². The molecule has 0 amide bonds. The first-order chi connectivity index (χ1) is 13.1. The van der Waals surface area contributed by atoms with Crippen LogP contribution in [0.5, 0.6) is 11.5 Å². The summed E-state index contributed by atoms with van der Waals surface area (Å²) in [6.45, 7) is 4.67. The van der Waals surface area contributed by atoms with Gasteiger partial charge < -0.3 is 9.84 Å². The van der Waals surface area contributed by atoms with Crippen molar-refractivity contribution in [2.24, 2.45) is 0 Å². The average Bonchev–Trinajstić information content (AvgIpc) is 2.99. The summed E-state index contributed by atoms with van der Waals surface area (Å²) in [5.74, 6) is 0.760. The van der Waals surface area contributed by atoms with Crippen LogP contribution in [0.15, 0.2) is 48.5 Å². The minimum Gasteiger partial charge on any atom is -0.504 e. The standard InChI is InChI=1S/C22H20N2O2S/c1-15-6-7-21(27-15)18-10-19-14-24(8-9-26-22(19)20(25)11-18)13-17-5-3-2-4-16(17)12-23/h2-7,10-11,25H,8-9,13-14H2,1H3. The number of benzene rings is 2. The molecule has 4 nitrogen and oxygen atoms in total. The van der Waals surface area contributed by atoms with Gasteiger partial charge in [0.1, 0.15) is 6.61 Å². The SMILES string of the molecule is Cc1ccc(-c2cc(O)c3c(c2)CN(Cc2ccccc2C#N)CCO3)s1. The second-order valence-corrected chi connectivity index (χ2v) is 8.01. The maximum Gasteiger partial charge on any atom is 0.165 e. The number of nitriles is 1. The highest BCUT2D eigenvalue weighted by Crippen LogP contribution is 2.39. The fourth-order valence-corrected chi connectivity index (χ4v) is 4.28. The van der Waals surface area contributed by atoms with Crippen molar-refractivity contribution in [3.05, 3.63) is 70.1 Å². The number of rotatable bonds is 3. The van der Waals surface area contributed by atoms with E-state index in [1.807, 2.05) is 24.3 Å². The van der Waals surface area contributed by atoms with Gasteiger partial charge in [-0.2, -0.15) is 5.26 Å². The molecular weight excluding hydrogens is 356 g/mol. The van der Waals surface area contributed by atoms with Gasteiger partial charge in [-0.05, 0) is 48.4 Å². The minimum absolute atomic E-state index is 0.188. The monoisotopic (exact) mass is 376 g/mol. The molecule has 2 heterocycles. The number of thiophene rings is 1. The van der Waals surface area contributed by atoms with Gasteiger partial charge in [0.2, 0.25) is 0 Å². The fraction of sp³-hybridized carbons (Fsp3) is 0.227. The summed E-state index contributed by atoms with van der Waals surface area (Å²) in [6, 6.07) is 18.0. The van der Waals surface area contributed by atoms with Crippen LogP contribution in [0.1, 0.15) is 21.6 Å². The molecule has 0 saturated carbocycles. The van der Waals surface area contributed by atoms with Crippen LogP contribution in [-0.2, 0) is 13.1 Å². The Morgan fingerprint density at radius 3 is 2.85 bits per heavy atom. The third-order valence-corrected chi connectivity index (χ3v) is 5.80. The van der Waals surface area contributed by atoms with Crippen LogP contribution < -0.4 is 4.74 Å². The summed E-state index contributed by atoms with van der Waals surface area (Å²) in [7, 11) is 0. The second kappa shape index (κ2) is 7.43. The Bertz CT molecular complexity index is 1020. The molecule has 0 saturated heterocycles. The van der Waals surface area contributed by atoms with E-state index in [2.05, 4.69) is 36.1 Å². The van der Waals surface area contributed by atoms with Crippen LogP contribution in [0.25, 0.3) is 10.4 Å². The average molecular weight is 376 g/mol. The van der Waals surface area contributed by atoms with Gasteiger partial charge in [0.05, 0.1) is 11.6 Å². The Morgan fingerprint density at radius 1 is 1.22 bits per heavy atom. The highest BCUT2D eigenvalue weighted by molar-refractivity contribution is 7.15. The minimum atomic E-state index is 0.188. The molecule has 0 bridgehead atoms. The molecule has 0 fully saturated rings.